The van der Waals surface area contributed by atoms with Crippen LogP contribution in [0.15, 0.2) is 30.5 Å². The number of fused-ring (bicyclic) bond motifs is 1. The number of nitrogens with one attached hydrogen (secondary N) is 1. The Hall–Kier alpha value is -2.34. The van der Waals surface area contributed by atoms with E-state index in [1.807, 2.05) is 22.9 Å². The van der Waals surface area contributed by atoms with E-state index < -0.39 is 6.04 Å². The summed E-state index contributed by atoms with van der Waals surface area (Å²) in [6, 6.07) is 6.50. The summed E-state index contributed by atoms with van der Waals surface area (Å²) in [6.07, 6.45) is 4.89. The number of ether oxygens (including phenoxy) is 1. The third kappa shape index (κ3) is 2.82. The zero-order valence-electron chi connectivity index (χ0n) is 12.6. The molecule has 0 saturated heterocycles. The van der Waals surface area contributed by atoms with E-state index >= 15 is 0 Å². The largest absolute Gasteiger partial charge is 0.497 e. The highest BCUT2D eigenvalue weighted by Crippen LogP contribution is 2.24. The van der Waals surface area contributed by atoms with E-state index in [2.05, 4.69) is 10.4 Å². The first kappa shape index (κ1) is 14.6. The Kier molecular flexibility index (Phi) is 4.11. The fraction of sp³-hybridized carbons (Fsp3) is 0.375. The van der Waals surface area contributed by atoms with Crippen LogP contribution in [0.4, 0.5) is 5.69 Å². The van der Waals surface area contributed by atoms with E-state index in [0.717, 1.165) is 42.8 Å². The summed E-state index contributed by atoms with van der Waals surface area (Å²) in [5.41, 5.74) is 8.63. The van der Waals surface area contributed by atoms with Gasteiger partial charge in [0.15, 0.2) is 0 Å². The molecule has 3 rings (SSSR count). The summed E-state index contributed by atoms with van der Waals surface area (Å²) >= 11 is 0. The molecule has 0 radical (unpaired) electrons. The predicted octanol–water partition coefficient (Wildman–Crippen LogP) is 1.87. The number of amides is 1. The minimum absolute atomic E-state index is 0.241. The molecular weight excluding hydrogens is 280 g/mol. The summed E-state index contributed by atoms with van der Waals surface area (Å²) in [6.45, 7) is 0.910. The minimum Gasteiger partial charge on any atom is -0.497 e. The molecule has 0 saturated carbocycles. The van der Waals surface area contributed by atoms with Gasteiger partial charge in [-0.3, -0.25) is 9.48 Å². The number of rotatable bonds is 4. The van der Waals surface area contributed by atoms with Gasteiger partial charge in [0.2, 0.25) is 5.91 Å². The Morgan fingerprint density at radius 2 is 2.32 bits per heavy atom. The van der Waals surface area contributed by atoms with Gasteiger partial charge in [-0.25, -0.2) is 0 Å². The lowest BCUT2D eigenvalue weighted by molar-refractivity contribution is -0.117. The van der Waals surface area contributed by atoms with E-state index in [1.165, 1.54) is 0 Å². The monoisotopic (exact) mass is 300 g/mol. The zero-order chi connectivity index (χ0) is 15.5. The molecule has 2 heterocycles. The lowest BCUT2D eigenvalue weighted by atomic mass is 10.1. The molecule has 0 fully saturated rings. The topological polar surface area (TPSA) is 82.2 Å². The number of aromatic nitrogens is 2. The first-order valence-electron chi connectivity index (χ1n) is 7.44. The molecule has 1 unspecified atom stereocenters. The van der Waals surface area contributed by atoms with Crippen molar-refractivity contribution >= 4 is 11.6 Å². The van der Waals surface area contributed by atoms with E-state index in [0.29, 0.717) is 5.75 Å². The lowest BCUT2D eigenvalue weighted by Crippen LogP contribution is -2.28. The smallest absolute Gasteiger partial charge is 0.245 e. The van der Waals surface area contributed by atoms with Crippen LogP contribution in [0.25, 0.3) is 0 Å². The van der Waals surface area contributed by atoms with Crippen LogP contribution in [0.2, 0.25) is 0 Å². The summed E-state index contributed by atoms with van der Waals surface area (Å²) in [5, 5.41) is 7.21. The van der Waals surface area contributed by atoms with E-state index in [1.54, 1.807) is 19.4 Å². The van der Waals surface area contributed by atoms with Crippen LogP contribution in [0.1, 0.15) is 30.1 Å². The molecule has 3 N–H and O–H groups in total. The molecule has 6 heteroatoms. The highest BCUT2D eigenvalue weighted by molar-refractivity contribution is 5.95. The number of nitrogens with two attached hydrogens (primary N) is 1. The van der Waals surface area contributed by atoms with Crippen LogP contribution in [0.3, 0.4) is 0 Å². The highest BCUT2D eigenvalue weighted by Gasteiger charge is 2.20. The van der Waals surface area contributed by atoms with Gasteiger partial charge >= 0.3 is 0 Å². The molecule has 1 atom stereocenters. The average Bonchev–Trinajstić information content (AvgIpc) is 2.97. The number of nitrogens with zero attached hydrogens (tertiary/aromatic N) is 2. The third-order valence-electron chi connectivity index (χ3n) is 3.98. The second-order valence-electron chi connectivity index (χ2n) is 5.43. The highest BCUT2D eigenvalue weighted by atomic mass is 16.5. The molecule has 1 aromatic heterocycles. The normalized spacial score (nSPS) is 15.0. The Balaban J connectivity index is 1.75. The summed E-state index contributed by atoms with van der Waals surface area (Å²) in [7, 11) is 1.59. The average molecular weight is 300 g/mol. The maximum Gasteiger partial charge on any atom is 0.245 e. The molecule has 0 bridgehead atoms. The maximum atomic E-state index is 12.4. The Morgan fingerprint density at radius 1 is 1.45 bits per heavy atom. The maximum absolute atomic E-state index is 12.4. The SMILES string of the molecule is COc1cccc(C(N)C(=O)Nc2cnn3c2CCCC3)c1. The van der Waals surface area contributed by atoms with Crippen molar-refractivity contribution in [2.24, 2.45) is 5.73 Å². The number of hydrogen-bond donors (Lipinski definition) is 2. The van der Waals surface area contributed by atoms with Gasteiger partial charge in [0.1, 0.15) is 11.8 Å². The number of methoxy groups -OCH3 is 1. The van der Waals surface area contributed by atoms with E-state index in [-0.39, 0.29) is 5.91 Å². The van der Waals surface area contributed by atoms with Crippen molar-refractivity contribution in [3.8, 4) is 5.75 Å². The van der Waals surface area contributed by atoms with Crippen molar-refractivity contribution in [3.63, 3.8) is 0 Å². The van der Waals surface area contributed by atoms with Gasteiger partial charge in [0, 0.05) is 6.54 Å². The molecule has 1 aliphatic rings. The fourth-order valence-electron chi connectivity index (χ4n) is 2.72. The molecule has 2 aromatic rings. The molecule has 1 aromatic carbocycles. The molecule has 0 spiro atoms. The van der Waals surface area contributed by atoms with E-state index in [4.69, 9.17) is 10.5 Å². The van der Waals surface area contributed by atoms with Gasteiger partial charge in [-0.1, -0.05) is 12.1 Å². The number of hydrogen-bond acceptors (Lipinski definition) is 4. The molecule has 1 amide bonds. The van der Waals surface area contributed by atoms with Crippen LogP contribution >= 0.6 is 0 Å². The second-order valence-corrected chi connectivity index (χ2v) is 5.43. The van der Waals surface area contributed by atoms with Crippen molar-refractivity contribution < 1.29 is 9.53 Å². The van der Waals surface area contributed by atoms with Gasteiger partial charge in [-0.15, -0.1) is 0 Å². The molecule has 116 valence electrons. The molecule has 6 nitrogen and oxygen atoms in total. The molecule has 1 aliphatic heterocycles. The van der Waals surface area contributed by atoms with Gasteiger partial charge in [-0.2, -0.15) is 5.10 Å². The van der Waals surface area contributed by atoms with Crippen molar-refractivity contribution in [2.75, 3.05) is 12.4 Å². The van der Waals surface area contributed by atoms with Crippen LogP contribution in [0.5, 0.6) is 5.75 Å². The molecule has 22 heavy (non-hydrogen) atoms. The number of aryl methyl sites for hydroxylation is 1. The summed E-state index contributed by atoms with van der Waals surface area (Å²) < 4.78 is 7.12. The standard InChI is InChI=1S/C16H20N4O2/c1-22-12-6-4-5-11(9-12)15(17)16(21)19-13-10-18-20-8-3-2-7-14(13)20/h4-6,9-10,15H,2-3,7-8,17H2,1H3,(H,19,21). The Morgan fingerprint density at radius 3 is 3.14 bits per heavy atom. The first-order chi connectivity index (χ1) is 10.7. The van der Waals surface area contributed by atoms with Crippen LogP contribution in [-0.2, 0) is 17.8 Å². The van der Waals surface area contributed by atoms with Gasteiger partial charge < -0.3 is 15.8 Å². The van der Waals surface area contributed by atoms with Crippen molar-refractivity contribution in [2.45, 2.75) is 31.8 Å². The predicted molar refractivity (Wildman–Crippen MR) is 83.7 cm³/mol. The second kappa shape index (κ2) is 6.19. The number of benzene rings is 1. The lowest BCUT2D eigenvalue weighted by Gasteiger charge is -2.16. The molecular formula is C16H20N4O2. The van der Waals surface area contributed by atoms with Crippen LogP contribution in [0, 0.1) is 0 Å². The quantitative estimate of drug-likeness (QED) is 0.903. The number of carbonyl (C=O) groups excluding carboxylic acids is 1. The van der Waals surface area contributed by atoms with Crippen molar-refractivity contribution in [1.29, 1.82) is 0 Å². The number of anilines is 1. The Bertz CT molecular complexity index is 681. The van der Waals surface area contributed by atoms with Crippen molar-refractivity contribution in [3.05, 3.63) is 41.7 Å². The fourth-order valence-corrected chi connectivity index (χ4v) is 2.72. The first-order valence-corrected chi connectivity index (χ1v) is 7.44. The zero-order valence-corrected chi connectivity index (χ0v) is 12.6. The molecule has 0 aliphatic carbocycles. The van der Waals surface area contributed by atoms with Crippen LogP contribution in [-0.4, -0.2) is 22.8 Å². The number of carbonyl (C=O) groups is 1. The van der Waals surface area contributed by atoms with Crippen LogP contribution < -0.4 is 15.8 Å². The van der Waals surface area contributed by atoms with E-state index in [9.17, 15) is 4.79 Å². The van der Waals surface area contributed by atoms with Crippen molar-refractivity contribution in [1.82, 2.24) is 9.78 Å². The van der Waals surface area contributed by atoms with Gasteiger partial charge in [0.05, 0.1) is 24.7 Å². The third-order valence-corrected chi connectivity index (χ3v) is 3.98. The Labute approximate surface area is 129 Å². The minimum atomic E-state index is -0.741. The summed E-state index contributed by atoms with van der Waals surface area (Å²) in [5.74, 6) is 0.443. The van der Waals surface area contributed by atoms with Gasteiger partial charge in [0.25, 0.3) is 0 Å². The summed E-state index contributed by atoms with van der Waals surface area (Å²) in [4.78, 5) is 12.4. The van der Waals surface area contributed by atoms with Gasteiger partial charge in [-0.05, 0) is 37.0 Å².